The summed E-state index contributed by atoms with van der Waals surface area (Å²) in [5.74, 6) is 0.557. The van der Waals surface area contributed by atoms with Gasteiger partial charge in [0.25, 0.3) is 0 Å². The van der Waals surface area contributed by atoms with E-state index in [1.165, 1.54) is 6.33 Å². The first-order chi connectivity index (χ1) is 9.10. The Kier molecular flexibility index (Phi) is 4.77. The number of benzene rings is 1. The summed E-state index contributed by atoms with van der Waals surface area (Å²) in [6.45, 7) is 2.05. The van der Waals surface area contributed by atoms with E-state index in [-0.39, 0.29) is 5.38 Å². The Bertz CT molecular complexity index is 577. The molecule has 0 N–H and O–H groups in total. The van der Waals surface area contributed by atoms with Crippen molar-refractivity contribution in [1.82, 2.24) is 9.97 Å². The number of aryl methyl sites for hydroxylation is 1. The van der Waals surface area contributed by atoms with Crippen molar-refractivity contribution in [2.75, 3.05) is 7.11 Å². The molecule has 0 spiro atoms. The number of hydrogen-bond acceptors (Lipinski definition) is 3. The van der Waals surface area contributed by atoms with Crippen molar-refractivity contribution in [1.29, 1.82) is 0 Å². The van der Waals surface area contributed by atoms with Gasteiger partial charge in [-0.2, -0.15) is 0 Å². The fourth-order valence-corrected chi connectivity index (χ4v) is 2.76. The Morgan fingerprint density at radius 3 is 2.79 bits per heavy atom. The quantitative estimate of drug-likeness (QED) is 0.786. The van der Waals surface area contributed by atoms with E-state index < -0.39 is 0 Å². The standard InChI is InChI=1S/C14H14BrClN2O/c1-9-5-10(15)3-4-12(9)13(16)6-11-7-14(19-2)18-8-17-11/h3-5,7-8,13H,6H2,1-2H3. The van der Waals surface area contributed by atoms with Gasteiger partial charge < -0.3 is 4.74 Å². The predicted octanol–water partition coefficient (Wildman–Crippen LogP) is 4.08. The summed E-state index contributed by atoms with van der Waals surface area (Å²) in [6.07, 6.45) is 2.13. The molecule has 0 radical (unpaired) electrons. The number of methoxy groups -OCH3 is 1. The van der Waals surface area contributed by atoms with E-state index in [9.17, 15) is 0 Å². The lowest BCUT2D eigenvalue weighted by molar-refractivity contribution is 0.396. The normalized spacial score (nSPS) is 12.2. The zero-order valence-corrected chi connectivity index (χ0v) is 13.1. The van der Waals surface area contributed by atoms with Crippen molar-refractivity contribution in [3.8, 4) is 5.88 Å². The molecule has 0 bridgehead atoms. The van der Waals surface area contributed by atoms with Gasteiger partial charge in [0.2, 0.25) is 5.88 Å². The molecule has 0 aliphatic rings. The number of aromatic nitrogens is 2. The van der Waals surface area contributed by atoms with Crippen LogP contribution in [0.3, 0.4) is 0 Å². The summed E-state index contributed by atoms with van der Waals surface area (Å²) in [4.78, 5) is 8.20. The number of alkyl halides is 1. The largest absolute Gasteiger partial charge is 0.481 e. The minimum absolute atomic E-state index is 0.118. The molecule has 1 atom stereocenters. The van der Waals surface area contributed by atoms with E-state index in [4.69, 9.17) is 16.3 Å². The lowest BCUT2D eigenvalue weighted by atomic mass is 10.0. The summed E-state index contributed by atoms with van der Waals surface area (Å²) < 4.78 is 6.14. The third-order valence-electron chi connectivity index (χ3n) is 2.87. The average Bonchev–Trinajstić information content (AvgIpc) is 2.38. The molecule has 5 heteroatoms. The number of hydrogen-bond donors (Lipinski definition) is 0. The van der Waals surface area contributed by atoms with Gasteiger partial charge in [0, 0.05) is 22.7 Å². The molecule has 3 nitrogen and oxygen atoms in total. The molecule has 1 unspecified atom stereocenters. The van der Waals surface area contributed by atoms with Crippen molar-refractivity contribution >= 4 is 27.5 Å². The minimum atomic E-state index is -0.118. The second kappa shape index (κ2) is 6.35. The highest BCUT2D eigenvalue weighted by Crippen LogP contribution is 2.29. The van der Waals surface area contributed by atoms with Crippen LogP contribution in [0.25, 0.3) is 0 Å². The Morgan fingerprint density at radius 1 is 1.32 bits per heavy atom. The number of halogens is 2. The van der Waals surface area contributed by atoms with Crippen molar-refractivity contribution < 1.29 is 4.74 Å². The first-order valence-corrected chi connectivity index (χ1v) is 7.08. The number of ether oxygens (including phenoxy) is 1. The summed E-state index contributed by atoms with van der Waals surface area (Å²) in [6, 6.07) is 7.91. The van der Waals surface area contributed by atoms with Crippen LogP contribution in [0.5, 0.6) is 5.88 Å². The van der Waals surface area contributed by atoms with E-state index >= 15 is 0 Å². The van der Waals surface area contributed by atoms with Gasteiger partial charge in [-0.25, -0.2) is 9.97 Å². The Morgan fingerprint density at radius 2 is 2.11 bits per heavy atom. The van der Waals surface area contributed by atoms with Crippen LogP contribution in [-0.4, -0.2) is 17.1 Å². The van der Waals surface area contributed by atoms with Crippen LogP contribution in [0.1, 0.15) is 22.2 Å². The topological polar surface area (TPSA) is 35.0 Å². The SMILES string of the molecule is COc1cc(CC(Cl)c2ccc(Br)cc2C)ncn1. The molecule has 0 aliphatic heterocycles. The number of nitrogens with zero attached hydrogens (tertiary/aromatic N) is 2. The molecule has 1 aromatic carbocycles. The number of rotatable bonds is 4. The highest BCUT2D eigenvalue weighted by molar-refractivity contribution is 9.10. The maximum absolute atomic E-state index is 6.48. The second-order valence-corrected chi connectivity index (χ2v) is 5.67. The van der Waals surface area contributed by atoms with Crippen molar-refractivity contribution in [2.45, 2.75) is 18.7 Å². The molecular formula is C14H14BrClN2O. The van der Waals surface area contributed by atoms with E-state index in [0.29, 0.717) is 12.3 Å². The van der Waals surface area contributed by atoms with Gasteiger partial charge in [-0.1, -0.05) is 22.0 Å². The first-order valence-electron chi connectivity index (χ1n) is 5.85. The van der Waals surface area contributed by atoms with Gasteiger partial charge in [-0.3, -0.25) is 0 Å². The molecule has 0 aliphatic carbocycles. The molecule has 0 amide bonds. The van der Waals surface area contributed by atoms with E-state index in [1.807, 2.05) is 18.2 Å². The Hall–Kier alpha value is -1.13. The molecule has 2 rings (SSSR count). The van der Waals surface area contributed by atoms with Gasteiger partial charge in [-0.15, -0.1) is 11.6 Å². The van der Waals surface area contributed by atoms with Gasteiger partial charge in [0.05, 0.1) is 12.5 Å². The summed E-state index contributed by atoms with van der Waals surface area (Å²) >= 11 is 9.93. The zero-order valence-electron chi connectivity index (χ0n) is 10.7. The fraction of sp³-hybridized carbons (Fsp3) is 0.286. The van der Waals surface area contributed by atoms with Gasteiger partial charge in [0.1, 0.15) is 6.33 Å². The molecule has 1 heterocycles. The van der Waals surface area contributed by atoms with Crippen LogP contribution in [-0.2, 0) is 6.42 Å². The van der Waals surface area contributed by atoms with Gasteiger partial charge in [-0.05, 0) is 30.2 Å². The third kappa shape index (κ3) is 3.67. The fourth-order valence-electron chi connectivity index (χ4n) is 1.88. The molecule has 0 saturated carbocycles. The van der Waals surface area contributed by atoms with Gasteiger partial charge in [0.15, 0.2) is 0 Å². The van der Waals surface area contributed by atoms with Crippen molar-refractivity contribution in [2.24, 2.45) is 0 Å². The van der Waals surface area contributed by atoms with Crippen LogP contribution in [0, 0.1) is 6.92 Å². The lowest BCUT2D eigenvalue weighted by Gasteiger charge is -2.13. The van der Waals surface area contributed by atoms with Crippen molar-refractivity contribution in [3.63, 3.8) is 0 Å². The summed E-state index contributed by atoms with van der Waals surface area (Å²) in [5, 5.41) is -0.118. The maximum Gasteiger partial charge on any atom is 0.216 e. The molecule has 100 valence electrons. The monoisotopic (exact) mass is 340 g/mol. The summed E-state index contributed by atoms with van der Waals surface area (Å²) in [7, 11) is 1.59. The Balaban J connectivity index is 2.17. The predicted molar refractivity (Wildman–Crippen MR) is 79.8 cm³/mol. The summed E-state index contributed by atoms with van der Waals surface area (Å²) in [5.41, 5.74) is 3.15. The average molecular weight is 342 g/mol. The van der Waals surface area contributed by atoms with E-state index in [0.717, 1.165) is 21.3 Å². The third-order valence-corrected chi connectivity index (χ3v) is 3.75. The minimum Gasteiger partial charge on any atom is -0.481 e. The smallest absolute Gasteiger partial charge is 0.216 e. The van der Waals surface area contributed by atoms with E-state index in [1.54, 1.807) is 7.11 Å². The lowest BCUT2D eigenvalue weighted by Crippen LogP contribution is -2.01. The van der Waals surface area contributed by atoms with Gasteiger partial charge >= 0.3 is 0 Å². The molecule has 2 aromatic rings. The molecule has 0 fully saturated rings. The highest BCUT2D eigenvalue weighted by Gasteiger charge is 2.13. The molecule has 19 heavy (non-hydrogen) atoms. The molecule has 0 saturated heterocycles. The second-order valence-electron chi connectivity index (χ2n) is 4.22. The van der Waals surface area contributed by atoms with Crippen LogP contribution in [0.2, 0.25) is 0 Å². The van der Waals surface area contributed by atoms with Crippen LogP contribution < -0.4 is 4.74 Å². The van der Waals surface area contributed by atoms with E-state index in [2.05, 4.69) is 38.9 Å². The highest BCUT2D eigenvalue weighted by atomic mass is 79.9. The molecule has 1 aromatic heterocycles. The van der Waals surface area contributed by atoms with Crippen molar-refractivity contribution in [3.05, 3.63) is 51.9 Å². The maximum atomic E-state index is 6.48. The molecular weight excluding hydrogens is 328 g/mol. The van der Waals surface area contributed by atoms with Crippen LogP contribution in [0.15, 0.2) is 35.1 Å². The first kappa shape index (κ1) is 14.3. The Labute approximate surface area is 126 Å². The zero-order chi connectivity index (χ0) is 13.8. The van der Waals surface area contributed by atoms with Crippen LogP contribution >= 0.6 is 27.5 Å². The van der Waals surface area contributed by atoms with Crippen LogP contribution in [0.4, 0.5) is 0 Å².